The van der Waals surface area contributed by atoms with Gasteiger partial charge in [-0.05, 0) is 22.4 Å². The second-order valence-electron chi connectivity index (χ2n) is 5.56. The van der Waals surface area contributed by atoms with Crippen molar-refractivity contribution in [3.63, 3.8) is 0 Å². The Balaban J connectivity index is 0.000000351. The molecule has 4 rings (SSSR count). The number of phenols is 1. The normalized spacial score (nSPS) is 12.5. The molecule has 0 fully saturated rings. The van der Waals surface area contributed by atoms with E-state index in [-0.39, 0.29) is 28.6 Å². The van der Waals surface area contributed by atoms with Gasteiger partial charge in [0.25, 0.3) is 0 Å². The molecular formula is C23H18FeO2. The van der Waals surface area contributed by atoms with Crippen LogP contribution in [-0.4, -0.2) is 5.11 Å². The van der Waals surface area contributed by atoms with Gasteiger partial charge in [0.15, 0.2) is 0 Å². The van der Waals surface area contributed by atoms with E-state index in [1.54, 1.807) is 12.1 Å². The Kier molecular flexibility index (Phi) is 7.16. The standard InChI is InChI=1S/C18H14O2.C5H5.Fe/c19-16(11-9-13-5-1-2-6-13)18-15-8-4-3-7-14(15)10-12-17(18)20;1-2-4-5-3-1;/h1-12,19-20H;1-5H;/q;-1;+2/p-1. The summed E-state index contributed by atoms with van der Waals surface area (Å²) < 4.78 is 0. The maximum absolute atomic E-state index is 12.3. The number of allylic oxidation sites excluding steroid dienone is 7. The average Bonchev–Trinajstić information content (AvgIpc) is 3.35. The number of aromatic hydroxyl groups is 1. The fourth-order valence-electron chi connectivity index (χ4n) is 2.59. The van der Waals surface area contributed by atoms with E-state index in [0.717, 1.165) is 16.3 Å². The molecule has 26 heavy (non-hydrogen) atoms. The SMILES string of the molecule is [Fe+2].[O-]C(=CC=C1C=CC=C1)c1c(O)ccc2ccccc12.c1cc[cH-]c1. The summed E-state index contributed by atoms with van der Waals surface area (Å²) in [7, 11) is 0. The fraction of sp³-hybridized carbons (Fsp3) is 0. The summed E-state index contributed by atoms with van der Waals surface area (Å²) in [4.78, 5) is 0. The number of rotatable bonds is 2. The first-order valence-electron chi connectivity index (χ1n) is 8.07. The number of benzene rings is 2. The molecule has 0 saturated heterocycles. The Morgan fingerprint density at radius 3 is 2.27 bits per heavy atom. The van der Waals surface area contributed by atoms with Gasteiger partial charge in [-0.3, -0.25) is 0 Å². The molecule has 0 amide bonds. The first-order valence-corrected chi connectivity index (χ1v) is 8.07. The molecule has 0 bridgehead atoms. The Morgan fingerprint density at radius 2 is 1.62 bits per heavy atom. The Morgan fingerprint density at radius 1 is 0.923 bits per heavy atom. The third-order valence-corrected chi connectivity index (χ3v) is 3.82. The van der Waals surface area contributed by atoms with Crippen molar-refractivity contribution in [2.75, 3.05) is 0 Å². The van der Waals surface area contributed by atoms with Crippen molar-refractivity contribution in [3.8, 4) is 5.75 Å². The zero-order valence-corrected chi connectivity index (χ0v) is 15.1. The van der Waals surface area contributed by atoms with Crippen LogP contribution in [0.5, 0.6) is 5.75 Å². The first-order chi connectivity index (χ1) is 12.3. The van der Waals surface area contributed by atoms with Crippen molar-refractivity contribution < 1.29 is 27.3 Å². The van der Waals surface area contributed by atoms with Crippen LogP contribution in [0.3, 0.4) is 0 Å². The van der Waals surface area contributed by atoms with Crippen LogP contribution in [0.2, 0.25) is 0 Å². The quantitative estimate of drug-likeness (QED) is 0.397. The van der Waals surface area contributed by atoms with Crippen molar-refractivity contribution >= 4 is 16.5 Å². The number of fused-ring (bicyclic) bond motifs is 1. The van der Waals surface area contributed by atoms with Crippen LogP contribution in [0, 0.1) is 0 Å². The van der Waals surface area contributed by atoms with Crippen LogP contribution in [0.4, 0.5) is 0 Å². The predicted octanol–water partition coefficient (Wildman–Crippen LogP) is 4.70. The van der Waals surface area contributed by atoms with E-state index in [1.807, 2.05) is 85.0 Å². The third-order valence-electron chi connectivity index (χ3n) is 3.82. The van der Waals surface area contributed by atoms with Gasteiger partial charge in [0.2, 0.25) is 0 Å². The molecule has 0 heterocycles. The number of hydrogen-bond acceptors (Lipinski definition) is 2. The topological polar surface area (TPSA) is 43.3 Å². The molecule has 0 aromatic heterocycles. The number of hydrogen-bond donors (Lipinski definition) is 1. The van der Waals surface area contributed by atoms with E-state index in [9.17, 15) is 10.2 Å². The molecule has 130 valence electrons. The summed E-state index contributed by atoms with van der Waals surface area (Å²) in [6, 6.07) is 20.9. The molecule has 1 aliphatic carbocycles. The maximum Gasteiger partial charge on any atom is 2.00 e. The van der Waals surface area contributed by atoms with Crippen LogP contribution < -0.4 is 5.11 Å². The summed E-state index contributed by atoms with van der Waals surface area (Å²) in [6.07, 6.45) is 10.9. The molecule has 0 spiro atoms. The van der Waals surface area contributed by atoms with Gasteiger partial charge in [0.05, 0.1) is 0 Å². The molecule has 0 saturated carbocycles. The largest absolute Gasteiger partial charge is 2.00 e. The molecule has 1 N–H and O–H groups in total. The van der Waals surface area contributed by atoms with Crippen LogP contribution in [0.25, 0.3) is 16.5 Å². The average molecular weight is 382 g/mol. The predicted molar refractivity (Wildman–Crippen MR) is 102 cm³/mol. The smallest absolute Gasteiger partial charge is 0.872 e. The zero-order chi connectivity index (χ0) is 17.5. The minimum absolute atomic E-state index is 0. The van der Waals surface area contributed by atoms with Crippen molar-refractivity contribution in [1.29, 1.82) is 0 Å². The van der Waals surface area contributed by atoms with E-state index in [1.165, 1.54) is 6.08 Å². The van der Waals surface area contributed by atoms with Crippen LogP contribution >= 0.6 is 0 Å². The second-order valence-corrected chi connectivity index (χ2v) is 5.56. The molecule has 0 atom stereocenters. The van der Waals surface area contributed by atoms with E-state index in [2.05, 4.69) is 0 Å². The maximum atomic E-state index is 12.3. The fourth-order valence-corrected chi connectivity index (χ4v) is 2.59. The molecule has 3 heteroatoms. The minimum Gasteiger partial charge on any atom is -0.872 e. The third kappa shape index (κ3) is 4.82. The summed E-state index contributed by atoms with van der Waals surface area (Å²) >= 11 is 0. The van der Waals surface area contributed by atoms with E-state index >= 15 is 0 Å². The van der Waals surface area contributed by atoms with Gasteiger partial charge in [-0.25, -0.2) is 12.1 Å². The van der Waals surface area contributed by atoms with Crippen LogP contribution in [0.1, 0.15) is 5.56 Å². The van der Waals surface area contributed by atoms with Gasteiger partial charge in [-0.1, -0.05) is 72.5 Å². The molecule has 3 aromatic carbocycles. The molecule has 1 aliphatic rings. The van der Waals surface area contributed by atoms with Gasteiger partial charge in [0, 0.05) is 5.56 Å². The summed E-state index contributed by atoms with van der Waals surface area (Å²) in [5, 5.41) is 24.0. The van der Waals surface area contributed by atoms with Gasteiger partial charge in [-0.15, -0.1) is 0 Å². The van der Waals surface area contributed by atoms with Crippen molar-refractivity contribution in [3.05, 3.63) is 114 Å². The van der Waals surface area contributed by atoms with E-state index in [4.69, 9.17) is 0 Å². The zero-order valence-electron chi connectivity index (χ0n) is 14.0. The number of phenolic OH excluding ortho intramolecular Hbond substituents is 1. The van der Waals surface area contributed by atoms with Crippen LogP contribution in [-0.2, 0) is 17.1 Å². The molecule has 0 radical (unpaired) electrons. The van der Waals surface area contributed by atoms with Crippen LogP contribution in [0.15, 0.2) is 109 Å². The molecule has 0 aliphatic heterocycles. The Hall–Kier alpha value is -2.87. The van der Waals surface area contributed by atoms with Crippen molar-refractivity contribution in [2.24, 2.45) is 0 Å². The second kappa shape index (κ2) is 9.57. The Labute approximate surface area is 164 Å². The molecule has 2 nitrogen and oxygen atoms in total. The summed E-state index contributed by atoms with van der Waals surface area (Å²) in [5.74, 6) is -0.179. The molecule has 0 unspecified atom stereocenters. The Bertz CT molecular complexity index is 930. The van der Waals surface area contributed by atoms with Gasteiger partial charge in [0.1, 0.15) is 5.75 Å². The monoisotopic (exact) mass is 382 g/mol. The van der Waals surface area contributed by atoms with E-state index in [0.29, 0.717) is 5.56 Å². The minimum atomic E-state index is -0.194. The van der Waals surface area contributed by atoms with Gasteiger partial charge in [-0.2, -0.15) is 18.2 Å². The molecular weight excluding hydrogens is 364 g/mol. The van der Waals surface area contributed by atoms with Gasteiger partial charge < -0.3 is 10.2 Å². The van der Waals surface area contributed by atoms with E-state index < -0.39 is 0 Å². The van der Waals surface area contributed by atoms with Crippen molar-refractivity contribution in [1.82, 2.24) is 0 Å². The summed E-state index contributed by atoms with van der Waals surface area (Å²) in [6.45, 7) is 0. The molecule has 3 aromatic rings. The first kappa shape index (κ1) is 19.5. The van der Waals surface area contributed by atoms with Crippen molar-refractivity contribution in [2.45, 2.75) is 0 Å². The summed E-state index contributed by atoms with van der Waals surface area (Å²) in [5.41, 5.74) is 1.32. The van der Waals surface area contributed by atoms with Gasteiger partial charge >= 0.3 is 17.1 Å².